The van der Waals surface area contributed by atoms with Crippen LogP contribution in [0.1, 0.15) is 24.2 Å². The van der Waals surface area contributed by atoms with Crippen LogP contribution in [0.5, 0.6) is 5.75 Å². The number of hydrogen-bond donors (Lipinski definition) is 4. The van der Waals surface area contributed by atoms with Gasteiger partial charge in [0, 0.05) is 0 Å². The van der Waals surface area contributed by atoms with Crippen LogP contribution in [-0.2, 0) is 0 Å². The second-order valence-corrected chi connectivity index (χ2v) is 4.64. The first kappa shape index (κ1) is 14.1. The molecule has 1 aromatic carbocycles. The summed E-state index contributed by atoms with van der Waals surface area (Å²) >= 11 is 5.85. The highest BCUT2D eigenvalue weighted by atomic mass is 35.5. The normalized spacial score (nSPS) is 12.3. The number of benzene rings is 1. The highest BCUT2D eigenvalue weighted by Crippen LogP contribution is 2.21. The molecule has 1 amide bonds. The van der Waals surface area contributed by atoms with Gasteiger partial charge in [-0.3, -0.25) is 4.79 Å². The fourth-order valence-corrected chi connectivity index (χ4v) is 1.43. The maximum absolute atomic E-state index is 12.0. The molecule has 98 valence electrons. The smallest absolute Gasteiger partial charge is 0.253 e. The number of amidine groups is 1. The van der Waals surface area contributed by atoms with Crippen molar-refractivity contribution in [3.63, 3.8) is 0 Å². The predicted molar refractivity (Wildman–Crippen MR) is 68.1 cm³/mol. The van der Waals surface area contributed by atoms with Crippen LogP contribution in [0, 0.1) is 0 Å². The van der Waals surface area contributed by atoms with Gasteiger partial charge in [-0.25, -0.2) is 0 Å². The van der Waals surface area contributed by atoms with Crippen LogP contribution in [0.25, 0.3) is 0 Å². The molecule has 0 aliphatic heterocycles. The Labute approximate surface area is 109 Å². The average molecular weight is 272 g/mol. The number of carbonyl (C=O) groups excluding carboxylic acids is 1. The molecule has 0 aliphatic rings. The van der Waals surface area contributed by atoms with Crippen LogP contribution in [0.4, 0.5) is 0 Å². The van der Waals surface area contributed by atoms with Gasteiger partial charge in [0.2, 0.25) is 0 Å². The van der Waals surface area contributed by atoms with Gasteiger partial charge in [-0.2, -0.15) is 0 Å². The lowest BCUT2D eigenvalue weighted by Crippen LogP contribution is -2.53. The van der Waals surface area contributed by atoms with Crippen molar-refractivity contribution in [1.82, 2.24) is 5.32 Å². The summed E-state index contributed by atoms with van der Waals surface area (Å²) in [5.74, 6) is -0.759. The number of halogens is 1. The molecule has 1 rings (SSSR count). The Kier molecular flexibility index (Phi) is 4.03. The second kappa shape index (κ2) is 5.14. The van der Waals surface area contributed by atoms with E-state index in [4.69, 9.17) is 22.5 Å². The maximum Gasteiger partial charge on any atom is 0.253 e. The minimum Gasteiger partial charge on any atom is -0.508 e. The summed E-state index contributed by atoms with van der Waals surface area (Å²) in [6, 6.07) is 4.01. The number of nitrogens with zero attached hydrogens (tertiary/aromatic N) is 1. The van der Waals surface area contributed by atoms with E-state index in [1.807, 2.05) is 0 Å². The molecule has 18 heavy (non-hydrogen) atoms. The van der Waals surface area contributed by atoms with Gasteiger partial charge in [-0.15, -0.1) is 0 Å². The molecular formula is C11H14ClN3O3. The fourth-order valence-electron chi connectivity index (χ4n) is 1.23. The summed E-state index contributed by atoms with van der Waals surface area (Å²) in [6.07, 6.45) is 0. The molecule has 0 heterocycles. The topological polar surface area (TPSA) is 108 Å². The highest BCUT2D eigenvalue weighted by molar-refractivity contribution is 6.34. The van der Waals surface area contributed by atoms with Gasteiger partial charge >= 0.3 is 0 Å². The van der Waals surface area contributed by atoms with Gasteiger partial charge < -0.3 is 21.4 Å². The lowest BCUT2D eigenvalue weighted by molar-refractivity contribution is 0.0930. The Bertz CT molecular complexity index is 500. The number of phenolic OH excluding ortho intramolecular Hbond substituents is 1. The van der Waals surface area contributed by atoms with Crippen molar-refractivity contribution in [1.29, 1.82) is 0 Å². The Morgan fingerprint density at radius 3 is 2.67 bits per heavy atom. The largest absolute Gasteiger partial charge is 0.508 e. The van der Waals surface area contributed by atoms with Crippen molar-refractivity contribution in [2.45, 2.75) is 19.4 Å². The molecule has 0 saturated carbocycles. The van der Waals surface area contributed by atoms with Crippen molar-refractivity contribution in [3.05, 3.63) is 28.8 Å². The van der Waals surface area contributed by atoms with E-state index >= 15 is 0 Å². The Balaban J connectivity index is 2.99. The lowest BCUT2D eigenvalue weighted by atomic mass is 10.0. The van der Waals surface area contributed by atoms with E-state index in [1.54, 1.807) is 13.8 Å². The monoisotopic (exact) mass is 271 g/mol. The van der Waals surface area contributed by atoms with Crippen LogP contribution in [-0.4, -0.2) is 27.6 Å². The van der Waals surface area contributed by atoms with E-state index in [0.29, 0.717) is 0 Å². The van der Waals surface area contributed by atoms with Gasteiger partial charge in [0.05, 0.1) is 16.1 Å². The zero-order valence-corrected chi connectivity index (χ0v) is 10.7. The van der Waals surface area contributed by atoms with Crippen LogP contribution < -0.4 is 11.1 Å². The van der Waals surface area contributed by atoms with E-state index in [9.17, 15) is 9.90 Å². The molecule has 0 radical (unpaired) electrons. The van der Waals surface area contributed by atoms with E-state index in [-0.39, 0.29) is 22.2 Å². The zero-order valence-electron chi connectivity index (χ0n) is 9.94. The second-order valence-electron chi connectivity index (χ2n) is 4.23. The lowest BCUT2D eigenvalue weighted by Gasteiger charge is -2.24. The van der Waals surface area contributed by atoms with Gasteiger partial charge in [-0.1, -0.05) is 16.8 Å². The number of aromatic hydroxyl groups is 1. The third-order valence-corrected chi connectivity index (χ3v) is 2.70. The van der Waals surface area contributed by atoms with E-state index < -0.39 is 11.4 Å². The van der Waals surface area contributed by atoms with E-state index in [0.717, 1.165) is 0 Å². The van der Waals surface area contributed by atoms with Gasteiger partial charge in [-0.05, 0) is 32.0 Å². The molecule has 5 N–H and O–H groups in total. The number of hydrogen-bond acceptors (Lipinski definition) is 4. The minimum absolute atomic E-state index is 0.0776. The third kappa shape index (κ3) is 3.04. The van der Waals surface area contributed by atoms with Gasteiger partial charge in [0.15, 0.2) is 5.84 Å². The van der Waals surface area contributed by atoms with Crippen molar-refractivity contribution < 1.29 is 15.1 Å². The zero-order chi connectivity index (χ0) is 13.9. The Hall–Kier alpha value is -1.95. The quantitative estimate of drug-likeness (QED) is 0.288. The first-order valence-electron chi connectivity index (χ1n) is 5.07. The van der Waals surface area contributed by atoms with E-state index in [2.05, 4.69) is 10.5 Å². The molecule has 0 aliphatic carbocycles. The first-order chi connectivity index (χ1) is 8.27. The molecule has 7 heteroatoms. The fraction of sp³-hybridized carbons (Fsp3) is 0.273. The van der Waals surface area contributed by atoms with Crippen molar-refractivity contribution >= 4 is 23.3 Å². The summed E-state index contributed by atoms with van der Waals surface area (Å²) in [7, 11) is 0. The third-order valence-electron chi connectivity index (χ3n) is 2.37. The number of nitrogens with two attached hydrogens (primary N) is 1. The molecular weight excluding hydrogens is 258 g/mol. The summed E-state index contributed by atoms with van der Waals surface area (Å²) in [4.78, 5) is 12.0. The van der Waals surface area contributed by atoms with Crippen molar-refractivity contribution in [3.8, 4) is 5.75 Å². The Morgan fingerprint density at radius 2 is 2.11 bits per heavy atom. The summed E-state index contributed by atoms with van der Waals surface area (Å²) in [6.45, 7) is 3.13. The average Bonchev–Trinajstić information content (AvgIpc) is 2.30. The highest BCUT2D eigenvalue weighted by Gasteiger charge is 2.27. The number of nitrogens with one attached hydrogen (secondary N) is 1. The molecule has 1 aromatic rings. The van der Waals surface area contributed by atoms with Crippen LogP contribution in [0.2, 0.25) is 5.02 Å². The molecule has 0 spiro atoms. The van der Waals surface area contributed by atoms with Gasteiger partial charge in [0.25, 0.3) is 5.91 Å². The summed E-state index contributed by atoms with van der Waals surface area (Å²) in [5, 5.41) is 23.5. The molecule has 0 aromatic heterocycles. The summed E-state index contributed by atoms with van der Waals surface area (Å²) < 4.78 is 0. The molecule has 0 atom stereocenters. The Morgan fingerprint density at radius 1 is 1.50 bits per heavy atom. The number of amides is 1. The number of rotatable bonds is 3. The summed E-state index contributed by atoms with van der Waals surface area (Å²) in [5.41, 5.74) is 4.51. The number of oxime groups is 1. The predicted octanol–water partition coefficient (Wildman–Crippen LogP) is 1.30. The van der Waals surface area contributed by atoms with Crippen LogP contribution in [0.3, 0.4) is 0 Å². The van der Waals surface area contributed by atoms with E-state index in [1.165, 1.54) is 18.2 Å². The molecule has 0 bridgehead atoms. The minimum atomic E-state index is -1.04. The molecule has 0 saturated heterocycles. The van der Waals surface area contributed by atoms with Crippen molar-refractivity contribution in [2.24, 2.45) is 10.9 Å². The molecule has 6 nitrogen and oxygen atoms in total. The molecule has 0 unspecified atom stereocenters. The number of carbonyl (C=O) groups is 1. The maximum atomic E-state index is 12.0. The van der Waals surface area contributed by atoms with Crippen LogP contribution in [0.15, 0.2) is 23.4 Å². The SMILES string of the molecule is CC(C)(NC(=O)c1cc(O)ccc1Cl)/C(N)=N/O. The standard InChI is InChI=1S/C11H14ClN3O3/c1-11(2,10(13)15-18)14-9(17)7-5-6(16)3-4-8(7)12/h3-5,16,18H,1-2H3,(H2,13,15)(H,14,17). The number of phenols is 1. The molecule has 0 fully saturated rings. The van der Waals surface area contributed by atoms with Gasteiger partial charge in [0.1, 0.15) is 5.75 Å². The van der Waals surface area contributed by atoms with Crippen LogP contribution >= 0.6 is 11.6 Å². The van der Waals surface area contributed by atoms with Crippen molar-refractivity contribution in [2.75, 3.05) is 0 Å². The first-order valence-corrected chi connectivity index (χ1v) is 5.44.